The maximum absolute atomic E-state index is 5.89. The molecule has 2 nitrogen and oxygen atoms in total. The molecule has 4 rings (SSSR count). The summed E-state index contributed by atoms with van der Waals surface area (Å²) in [6.45, 7) is 4.28. The Morgan fingerprint density at radius 3 is 2.68 bits per heavy atom. The predicted octanol–water partition coefficient (Wildman–Crippen LogP) is 4.00. The Morgan fingerprint density at radius 2 is 1.77 bits per heavy atom. The van der Waals surface area contributed by atoms with E-state index in [1.165, 1.54) is 30.5 Å². The first-order chi connectivity index (χ1) is 10.9. The molecule has 2 aliphatic heterocycles. The molecule has 0 aliphatic carbocycles. The minimum atomic E-state index is 0.294. The minimum absolute atomic E-state index is 0.294. The predicted molar refractivity (Wildman–Crippen MR) is 89.2 cm³/mol. The number of hydrogen-bond acceptors (Lipinski definition) is 2. The summed E-state index contributed by atoms with van der Waals surface area (Å²) in [7, 11) is 0. The highest BCUT2D eigenvalue weighted by Gasteiger charge is 2.40. The molecule has 114 valence electrons. The van der Waals surface area contributed by atoms with Crippen molar-refractivity contribution in [2.75, 3.05) is 19.7 Å². The minimum Gasteiger partial charge on any atom is -0.493 e. The SMILES string of the molecule is c1ccc(CN2CCCC3(CCOc4ccccc43)C2)cc1. The number of hydrogen-bond donors (Lipinski definition) is 0. The van der Waals surface area contributed by atoms with Gasteiger partial charge in [-0.15, -0.1) is 0 Å². The molecule has 2 heterocycles. The van der Waals surface area contributed by atoms with Crippen molar-refractivity contribution in [1.29, 1.82) is 0 Å². The Hall–Kier alpha value is -1.80. The van der Waals surface area contributed by atoms with Gasteiger partial charge in [0, 0.05) is 24.1 Å². The molecule has 2 aliphatic rings. The van der Waals surface area contributed by atoms with Crippen molar-refractivity contribution in [3.05, 3.63) is 65.7 Å². The van der Waals surface area contributed by atoms with Crippen molar-refractivity contribution in [1.82, 2.24) is 4.90 Å². The Bertz CT molecular complexity index is 639. The van der Waals surface area contributed by atoms with E-state index in [2.05, 4.69) is 59.5 Å². The number of piperidine rings is 1. The molecule has 0 aromatic heterocycles. The topological polar surface area (TPSA) is 12.5 Å². The van der Waals surface area contributed by atoms with Crippen molar-refractivity contribution in [3.8, 4) is 5.75 Å². The van der Waals surface area contributed by atoms with E-state index in [0.29, 0.717) is 5.41 Å². The first kappa shape index (κ1) is 13.8. The van der Waals surface area contributed by atoms with Gasteiger partial charge < -0.3 is 4.74 Å². The molecule has 1 fully saturated rings. The summed E-state index contributed by atoms with van der Waals surface area (Å²) in [5.41, 5.74) is 3.14. The van der Waals surface area contributed by atoms with E-state index in [9.17, 15) is 0 Å². The van der Waals surface area contributed by atoms with E-state index in [1.54, 1.807) is 0 Å². The summed E-state index contributed by atoms with van der Waals surface area (Å²) in [5, 5.41) is 0. The zero-order chi connectivity index (χ0) is 14.8. The van der Waals surface area contributed by atoms with E-state index in [-0.39, 0.29) is 0 Å². The van der Waals surface area contributed by atoms with Crippen LogP contribution in [0.25, 0.3) is 0 Å². The maximum Gasteiger partial charge on any atom is 0.123 e. The van der Waals surface area contributed by atoms with Crippen molar-refractivity contribution in [2.24, 2.45) is 0 Å². The Labute approximate surface area is 132 Å². The van der Waals surface area contributed by atoms with Crippen LogP contribution in [0.15, 0.2) is 54.6 Å². The van der Waals surface area contributed by atoms with Gasteiger partial charge in [-0.2, -0.15) is 0 Å². The van der Waals surface area contributed by atoms with Gasteiger partial charge in [-0.25, -0.2) is 0 Å². The summed E-state index contributed by atoms with van der Waals surface area (Å²) in [6.07, 6.45) is 3.72. The van der Waals surface area contributed by atoms with Crippen LogP contribution in [0.5, 0.6) is 5.75 Å². The monoisotopic (exact) mass is 293 g/mol. The summed E-state index contributed by atoms with van der Waals surface area (Å²) in [6, 6.07) is 19.5. The normalized spacial score (nSPS) is 24.7. The average Bonchev–Trinajstić information content (AvgIpc) is 2.57. The average molecular weight is 293 g/mol. The summed E-state index contributed by atoms with van der Waals surface area (Å²) in [4.78, 5) is 2.63. The lowest BCUT2D eigenvalue weighted by Gasteiger charge is -2.46. The molecule has 1 unspecified atom stereocenters. The van der Waals surface area contributed by atoms with Crippen LogP contribution in [0.1, 0.15) is 30.4 Å². The van der Waals surface area contributed by atoms with Gasteiger partial charge in [0.05, 0.1) is 6.61 Å². The van der Waals surface area contributed by atoms with Crippen LogP contribution < -0.4 is 4.74 Å². The lowest BCUT2D eigenvalue weighted by Crippen LogP contribution is -2.48. The van der Waals surface area contributed by atoms with Crippen molar-refractivity contribution >= 4 is 0 Å². The van der Waals surface area contributed by atoms with Crippen molar-refractivity contribution in [3.63, 3.8) is 0 Å². The fraction of sp³-hybridized carbons (Fsp3) is 0.400. The number of rotatable bonds is 2. The lowest BCUT2D eigenvalue weighted by atomic mass is 9.70. The fourth-order valence-electron chi connectivity index (χ4n) is 4.15. The molecule has 1 atom stereocenters. The number of benzene rings is 2. The van der Waals surface area contributed by atoms with E-state index in [4.69, 9.17) is 4.74 Å². The molecule has 22 heavy (non-hydrogen) atoms. The van der Waals surface area contributed by atoms with Crippen LogP contribution in [0.4, 0.5) is 0 Å². The van der Waals surface area contributed by atoms with Gasteiger partial charge in [-0.05, 0) is 37.4 Å². The summed E-state index contributed by atoms with van der Waals surface area (Å²) >= 11 is 0. The summed E-state index contributed by atoms with van der Waals surface area (Å²) in [5.74, 6) is 1.11. The zero-order valence-electron chi connectivity index (χ0n) is 13.0. The highest BCUT2D eigenvalue weighted by atomic mass is 16.5. The van der Waals surface area contributed by atoms with Crippen LogP contribution in [0.3, 0.4) is 0 Å². The van der Waals surface area contributed by atoms with E-state index in [1.807, 2.05) is 0 Å². The number of para-hydroxylation sites is 1. The van der Waals surface area contributed by atoms with Crippen LogP contribution in [-0.2, 0) is 12.0 Å². The first-order valence-corrected chi connectivity index (χ1v) is 8.34. The van der Waals surface area contributed by atoms with E-state index in [0.717, 1.165) is 31.9 Å². The number of likely N-dealkylation sites (tertiary alicyclic amines) is 1. The van der Waals surface area contributed by atoms with Gasteiger partial charge in [0.2, 0.25) is 0 Å². The van der Waals surface area contributed by atoms with Gasteiger partial charge >= 0.3 is 0 Å². The molecule has 2 aromatic carbocycles. The molecule has 1 saturated heterocycles. The quantitative estimate of drug-likeness (QED) is 0.829. The Morgan fingerprint density at radius 1 is 0.955 bits per heavy atom. The fourth-order valence-corrected chi connectivity index (χ4v) is 4.15. The maximum atomic E-state index is 5.89. The van der Waals surface area contributed by atoms with Gasteiger partial charge in [-0.1, -0.05) is 48.5 Å². The highest BCUT2D eigenvalue weighted by Crippen LogP contribution is 2.44. The smallest absolute Gasteiger partial charge is 0.123 e. The molecule has 0 radical (unpaired) electrons. The third-order valence-electron chi connectivity index (χ3n) is 5.20. The Kier molecular flexibility index (Phi) is 3.63. The van der Waals surface area contributed by atoms with Crippen LogP contribution in [0, 0.1) is 0 Å². The van der Waals surface area contributed by atoms with Gasteiger partial charge in [-0.3, -0.25) is 4.90 Å². The van der Waals surface area contributed by atoms with Gasteiger partial charge in [0.25, 0.3) is 0 Å². The lowest BCUT2D eigenvalue weighted by molar-refractivity contribution is 0.0998. The standard InChI is InChI=1S/C20H23NO/c1-2-7-17(8-3-1)15-21-13-6-11-20(16-21)12-14-22-19-10-5-4-9-18(19)20/h1-5,7-10H,6,11-16H2. The third kappa shape index (κ3) is 2.52. The number of ether oxygens (including phenoxy) is 1. The number of nitrogens with zero attached hydrogens (tertiary/aromatic N) is 1. The second kappa shape index (κ2) is 5.77. The molecular weight excluding hydrogens is 270 g/mol. The Balaban J connectivity index is 1.59. The largest absolute Gasteiger partial charge is 0.493 e. The molecule has 0 bridgehead atoms. The molecule has 1 spiro atoms. The summed E-state index contributed by atoms with van der Waals surface area (Å²) < 4.78 is 5.89. The highest BCUT2D eigenvalue weighted by molar-refractivity contribution is 5.42. The van der Waals surface area contributed by atoms with E-state index < -0.39 is 0 Å². The van der Waals surface area contributed by atoms with Crippen LogP contribution in [-0.4, -0.2) is 24.6 Å². The van der Waals surface area contributed by atoms with Crippen molar-refractivity contribution in [2.45, 2.75) is 31.2 Å². The van der Waals surface area contributed by atoms with E-state index >= 15 is 0 Å². The molecule has 2 heteroatoms. The zero-order valence-corrected chi connectivity index (χ0v) is 13.0. The first-order valence-electron chi connectivity index (χ1n) is 8.34. The molecule has 0 amide bonds. The van der Waals surface area contributed by atoms with Crippen LogP contribution >= 0.6 is 0 Å². The van der Waals surface area contributed by atoms with Crippen LogP contribution in [0.2, 0.25) is 0 Å². The molecule has 0 N–H and O–H groups in total. The second-order valence-electron chi connectivity index (χ2n) is 6.67. The molecule has 2 aromatic rings. The second-order valence-corrected chi connectivity index (χ2v) is 6.67. The third-order valence-corrected chi connectivity index (χ3v) is 5.20. The van der Waals surface area contributed by atoms with Gasteiger partial charge in [0.15, 0.2) is 0 Å². The molecular formula is C20H23NO. The molecule has 0 saturated carbocycles. The number of fused-ring (bicyclic) bond motifs is 2. The van der Waals surface area contributed by atoms with Crippen molar-refractivity contribution < 1.29 is 4.74 Å². The van der Waals surface area contributed by atoms with Gasteiger partial charge in [0.1, 0.15) is 5.75 Å².